The number of esters is 12. The minimum atomic E-state index is -0.809. The first-order chi connectivity index (χ1) is 47.6. The molecule has 6 heterocycles. The fraction of sp³-hybridized carbons (Fsp3) is 0.552. The van der Waals surface area contributed by atoms with Gasteiger partial charge < -0.3 is 72.8 Å². The predicted octanol–water partition coefficient (Wildman–Crippen LogP) is 1.76. The summed E-state index contributed by atoms with van der Waals surface area (Å²) in [6.07, 6.45) is 3.46. The van der Waals surface area contributed by atoms with Crippen LogP contribution in [0.1, 0.15) is 144 Å². The molecular formula is C67H83N3O30. The first-order valence-corrected chi connectivity index (χ1v) is 32.2. The number of hydrogen-bond donors (Lipinski definition) is 3. The first-order valence-electron chi connectivity index (χ1n) is 32.2. The van der Waals surface area contributed by atoms with E-state index in [-0.39, 0.29) is 187 Å². The summed E-state index contributed by atoms with van der Waals surface area (Å²) in [5.41, 5.74) is 2.44. The molecule has 0 saturated heterocycles. The van der Waals surface area contributed by atoms with Gasteiger partial charge in [-0.25, -0.2) is 57.5 Å². The van der Waals surface area contributed by atoms with Crippen molar-refractivity contribution in [2.24, 2.45) is 0 Å². The summed E-state index contributed by atoms with van der Waals surface area (Å²) < 4.78 is 59.0. The lowest BCUT2D eigenvalue weighted by Crippen LogP contribution is -2.30. The second-order valence-corrected chi connectivity index (χ2v) is 22.7. The third-order valence-electron chi connectivity index (χ3n) is 15.4. The Labute approximate surface area is 574 Å². The molecule has 0 spiro atoms. The number of rotatable bonds is 46. The zero-order chi connectivity index (χ0) is 73.8. The Morgan fingerprint density at radius 1 is 0.250 bits per heavy atom. The highest BCUT2D eigenvalue weighted by molar-refractivity contribution is 6.16. The molecule has 6 rings (SSSR count). The molecular weight excluding hydrogens is 1330 g/mol. The van der Waals surface area contributed by atoms with E-state index < -0.39 is 83.4 Å². The first kappa shape index (κ1) is 82.9. The Morgan fingerprint density at radius 3 is 0.710 bits per heavy atom. The number of ether oxygens (including phenoxy) is 12. The Kier molecular flexibility index (Phi) is 36.3. The molecule has 546 valence electrons. The van der Waals surface area contributed by atoms with E-state index >= 15 is 0 Å². The van der Waals surface area contributed by atoms with Crippen molar-refractivity contribution in [1.29, 1.82) is 0 Å². The van der Waals surface area contributed by atoms with Crippen LogP contribution in [0.2, 0.25) is 0 Å². The van der Waals surface area contributed by atoms with Crippen LogP contribution in [0.25, 0.3) is 0 Å². The second kappa shape index (κ2) is 43.8. The Morgan fingerprint density at radius 2 is 0.460 bits per heavy atom. The predicted molar refractivity (Wildman–Crippen MR) is 336 cm³/mol. The number of ketones is 3. The van der Waals surface area contributed by atoms with Gasteiger partial charge >= 0.3 is 71.6 Å². The number of amides is 3. The largest absolute Gasteiger partial charge is 0.386 e. The maximum Gasteiger partial charge on any atom is 0.342 e. The number of cyclic esters (lactones) is 12. The van der Waals surface area contributed by atoms with Crippen LogP contribution >= 0.6 is 0 Å². The van der Waals surface area contributed by atoms with Gasteiger partial charge in [0.05, 0.1) is 83.4 Å². The number of carbonyl (C=O) groups is 18. The summed E-state index contributed by atoms with van der Waals surface area (Å²) in [5.74, 6) is -9.58. The van der Waals surface area contributed by atoms with Crippen molar-refractivity contribution >= 4 is 107 Å². The number of carbonyl (C=O) groups excluding carboxylic acids is 18. The Hall–Kier alpha value is -9.54. The van der Waals surface area contributed by atoms with Crippen molar-refractivity contribution in [1.82, 2.24) is 16.0 Å². The highest BCUT2D eigenvalue weighted by Crippen LogP contribution is 2.26. The number of nitrogens with one attached hydrogen (secondary N) is 3. The standard InChI is InChI=1S/C26H34O11.C23H29NO10.C18H20N2O9/c1-17-21(25(31)36-23(17)29)9-7-19(27)5-3-11-33-13-15-35-16-14-34-12-4-6-20(28)8-10-22-18(2)24(30)37-26(22)32;1-14-17(22(29)33-20(14)27)6-5-16(25)4-3-10-31-12-13-32-11-9-24-19(26)8-7-18-15(2)21(28)34-23(18)30;1-9-11(17(25)28-15(9)23)7-13(21)19-3-5-27-6-4-20-14(22)8-12-10(2)16(24)29-18(12)26/h3-16H2,1-2H3;3-13H2,1-2H3,(H,24,26);3-8H2,1-2H3,(H,19,21)(H,20,22). The normalized spacial score (nSPS) is 15.9. The highest BCUT2D eigenvalue weighted by atomic mass is 16.6. The third kappa shape index (κ3) is 28.7. The van der Waals surface area contributed by atoms with Gasteiger partial charge in [-0.3, -0.25) is 28.8 Å². The fourth-order valence-electron chi connectivity index (χ4n) is 9.37. The maximum atomic E-state index is 11.9. The van der Waals surface area contributed by atoms with Gasteiger partial charge in [0.2, 0.25) is 17.7 Å². The Balaban J connectivity index is 0.000000321. The monoisotopic (exact) mass is 1410 g/mol. The quantitative estimate of drug-likeness (QED) is 0.0338. The molecule has 3 amide bonds. The molecule has 3 N–H and O–H groups in total. The van der Waals surface area contributed by atoms with Crippen LogP contribution in [0.4, 0.5) is 0 Å². The molecule has 0 aromatic carbocycles. The van der Waals surface area contributed by atoms with E-state index in [9.17, 15) is 86.3 Å². The van der Waals surface area contributed by atoms with Crippen molar-refractivity contribution in [3.8, 4) is 0 Å². The van der Waals surface area contributed by atoms with E-state index in [4.69, 9.17) is 28.4 Å². The van der Waals surface area contributed by atoms with Crippen molar-refractivity contribution in [2.75, 3.05) is 98.9 Å². The average molecular weight is 1410 g/mol. The number of Topliss-reactive ketones (excluding diaryl/α,β-unsaturated/α-hetero) is 3. The molecule has 0 aliphatic carbocycles. The van der Waals surface area contributed by atoms with E-state index in [1.807, 2.05) is 0 Å². The molecule has 0 radical (unpaired) electrons. The van der Waals surface area contributed by atoms with E-state index in [1.165, 1.54) is 41.5 Å². The lowest BCUT2D eigenvalue weighted by molar-refractivity contribution is -0.153. The van der Waals surface area contributed by atoms with Gasteiger partial charge in [-0.05, 0) is 86.5 Å². The van der Waals surface area contributed by atoms with Crippen molar-refractivity contribution in [3.05, 3.63) is 66.9 Å². The van der Waals surface area contributed by atoms with Crippen molar-refractivity contribution in [2.45, 2.75) is 144 Å². The maximum absolute atomic E-state index is 11.9. The molecule has 0 atom stereocenters. The second-order valence-electron chi connectivity index (χ2n) is 22.7. The van der Waals surface area contributed by atoms with Crippen LogP contribution in [0.3, 0.4) is 0 Å². The molecule has 0 saturated carbocycles. The van der Waals surface area contributed by atoms with Gasteiger partial charge in [0, 0.05) is 140 Å². The lowest BCUT2D eigenvalue weighted by atomic mass is 10.0. The zero-order valence-corrected chi connectivity index (χ0v) is 56.7. The molecule has 33 heteroatoms. The molecule has 100 heavy (non-hydrogen) atoms. The van der Waals surface area contributed by atoms with Crippen LogP contribution in [-0.4, -0.2) is 206 Å². The van der Waals surface area contributed by atoms with E-state index in [0.717, 1.165) is 0 Å². The van der Waals surface area contributed by atoms with Gasteiger partial charge in [0.25, 0.3) is 0 Å². The summed E-state index contributed by atoms with van der Waals surface area (Å²) in [4.78, 5) is 207. The van der Waals surface area contributed by atoms with Crippen LogP contribution in [-0.2, 0) is 143 Å². The molecule has 0 unspecified atom stereocenters. The molecule has 0 fully saturated rings. The lowest BCUT2D eigenvalue weighted by Gasteiger charge is -2.08. The van der Waals surface area contributed by atoms with Crippen LogP contribution < -0.4 is 16.0 Å². The van der Waals surface area contributed by atoms with Gasteiger partial charge in [0.15, 0.2) is 0 Å². The van der Waals surface area contributed by atoms with Gasteiger partial charge in [0.1, 0.15) is 17.3 Å². The van der Waals surface area contributed by atoms with Crippen LogP contribution in [0, 0.1) is 0 Å². The SMILES string of the molecule is CC1=C(CC(=O)NCCOCCNC(=O)CC2=C(C)C(=O)OC2=O)C(=O)OC1=O.CC1=C(CCC(=O)CCCOCCOCCNC(=O)CCC2=C(C)C(=O)OC2=O)C(=O)OC1=O.CC1=C(CCC(=O)CCCOCCOCCOCCCC(=O)CCC2=C(C)C(=O)OC2=O)C(=O)OC1=O. The third-order valence-corrected chi connectivity index (χ3v) is 15.4. The number of hydrogen-bond acceptors (Lipinski definition) is 30. The fourth-order valence-corrected chi connectivity index (χ4v) is 9.37. The zero-order valence-electron chi connectivity index (χ0n) is 56.7. The topological polar surface area (TPSA) is 454 Å². The van der Waals surface area contributed by atoms with E-state index in [2.05, 4.69) is 44.4 Å². The van der Waals surface area contributed by atoms with Crippen LogP contribution in [0.5, 0.6) is 0 Å². The molecule has 0 bridgehead atoms. The van der Waals surface area contributed by atoms with Crippen molar-refractivity contribution in [3.63, 3.8) is 0 Å². The van der Waals surface area contributed by atoms with Gasteiger partial charge in [-0.2, -0.15) is 0 Å². The molecule has 0 aromatic rings. The van der Waals surface area contributed by atoms with E-state index in [0.29, 0.717) is 105 Å². The summed E-state index contributed by atoms with van der Waals surface area (Å²) >= 11 is 0. The summed E-state index contributed by atoms with van der Waals surface area (Å²) in [5, 5.41) is 7.73. The summed E-state index contributed by atoms with van der Waals surface area (Å²) in [7, 11) is 0. The molecule has 6 aliphatic heterocycles. The van der Waals surface area contributed by atoms with E-state index in [1.54, 1.807) is 0 Å². The molecule has 33 nitrogen and oxygen atoms in total. The highest BCUT2D eigenvalue weighted by Gasteiger charge is 2.35. The molecule has 0 aromatic heterocycles. The Bertz CT molecular complexity index is 3190. The van der Waals surface area contributed by atoms with Crippen molar-refractivity contribution < 1.29 is 143 Å². The smallest absolute Gasteiger partial charge is 0.342 e. The summed E-state index contributed by atoms with van der Waals surface area (Å²) in [6, 6.07) is 0. The summed E-state index contributed by atoms with van der Waals surface area (Å²) in [6.45, 7) is 13.5. The minimum absolute atomic E-state index is 0.00589. The van der Waals surface area contributed by atoms with Gasteiger partial charge in [-0.15, -0.1) is 0 Å². The molecule has 6 aliphatic rings. The minimum Gasteiger partial charge on any atom is -0.386 e. The van der Waals surface area contributed by atoms with Crippen LogP contribution in [0.15, 0.2) is 66.9 Å². The average Bonchev–Trinajstić information content (AvgIpc) is 1.74. The van der Waals surface area contributed by atoms with Gasteiger partial charge in [-0.1, -0.05) is 0 Å².